The van der Waals surface area contributed by atoms with Gasteiger partial charge in [0, 0.05) is 11.3 Å². The lowest BCUT2D eigenvalue weighted by molar-refractivity contribution is -0.00518. The first kappa shape index (κ1) is 20.8. The Hall–Kier alpha value is -2.05. The van der Waals surface area contributed by atoms with Gasteiger partial charge in [-0.1, -0.05) is 23.7 Å². The molecular formula is C24H27ClN2O3S. The van der Waals surface area contributed by atoms with Gasteiger partial charge in [0.25, 0.3) is 5.91 Å². The number of benzene rings is 2. The second kappa shape index (κ2) is 7.52. The zero-order chi connectivity index (χ0) is 21.8. The first-order chi connectivity index (χ1) is 14.7. The number of rotatable bonds is 5. The summed E-state index contributed by atoms with van der Waals surface area (Å²) in [4.78, 5) is 12.7. The summed E-state index contributed by atoms with van der Waals surface area (Å²) in [6.45, 7) is 0. The number of hydrogen-bond acceptors (Lipinski definition) is 3. The summed E-state index contributed by atoms with van der Waals surface area (Å²) in [5.41, 5.74) is 3.12. The largest absolute Gasteiger partial charge is 0.322 e. The number of carbonyl (C=O) groups is 1. The van der Waals surface area contributed by atoms with Crippen molar-refractivity contribution >= 4 is 38.9 Å². The second-order valence-corrected chi connectivity index (χ2v) is 12.0. The summed E-state index contributed by atoms with van der Waals surface area (Å²) in [5, 5.41) is 3.09. The molecular weight excluding hydrogens is 432 g/mol. The predicted molar refractivity (Wildman–Crippen MR) is 124 cm³/mol. The van der Waals surface area contributed by atoms with Crippen LogP contribution in [-0.4, -0.2) is 20.6 Å². The van der Waals surface area contributed by atoms with Crippen molar-refractivity contribution in [2.24, 2.45) is 17.8 Å². The maximum Gasteiger partial charge on any atom is 0.255 e. The summed E-state index contributed by atoms with van der Waals surface area (Å²) in [6, 6.07) is 12.9. The Kier molecular flexibility index (Phi) is 5.05. The molecule has 0 aliphatic heterocycles. The third-order valence-electron chi connectivity index (χ3n) is 7.32. The number of sulfonamides is 1. The Labute approximate surface area is 188 Å². The van der Waals surface area contributed by atoms with Crippen LogP contribution in [0.1, 0.15) is 54.4 Å². The van der Waals surface area contributed by atoms with Gasteiger partial charge >= 0.3 is 0 Å². The molecule has 0 unspecified atom stereocenters. The van der Waals surface area contributed by atoms with Crippen LogP contribution in [0.4, 0.5) is 11.4 Å². The van der Waals surface area contributed by atoms with E-state index in [1.165, 1.54) is 56.2 Å². The van der Waals surface area contributed by atoms with Gasteiger partial charge in [-0.25, -0.2) is 8.42 Å². The summed E-state index contributed by atoms with van der Waals surface area (Å²) >= 11 is 6.15. The molecule has 0 aromatic heterocycles. The highest BCUT2D eigenvalue weighted by atomic mass is 35.5. The van der Waals surface area contributed by atoms with Crippen LogP contribution in [0.2, 0.25) is 5.02 Å². The lowest BCUT2D eigenvalue weighted by Crippen LogP contribution is -2.48. The van der Waals surface area contributed by atoms with Gasteiger partial charge < -0.3 is 5.32 Å². The molecule has 2 aromatic carbocycles. The average molecular weight is 459 g/mol. The van der Waals surface area contributed by atoms with Crippen molar-refractivity contribution in [3.8, 4) is 0 Å². The van der Waals surface area contributed by atoms with Gasteiger partial charge in [0.15, 0.2) is 0 Å². The second-order valence-electron chi connectivity index (χ2n) is 9.80. The van der Waals surface area contributed by atoms with E-state index in [9.17, 15) is 13.2 Å². The first-order valence-electron chi connectivity index (χ1n) is 10.9. The molecule has 4 fully saturated rings. The quantitative estimate of drug-likeness (QED) is 0.627. The van der Waals surface area contributed by atoms with E-state index in [1.807, 2.05) is 12.1 Å². The Balaban J connectivity index is 1.29. The van der Waals surface area contributed by atoms with E-state index >= 15 is 0 Å². The van der Waals surface area contributed by atoms with Gasteiger partial charge in [0.05, 0.1) is 17.0 Å². The van der Waals surface area contributed by atoms with Crippen LogP contribution < -0.4 is 10.0 Å². The number of anilines is 2. The first-order valence-corrected chi connectivity index (χ1v) is 13.2. The van der Waals surface area contributed by atoms with Crippen molar-refractivity contribution in [2.45, 2.75) is 43.9 Å². The molecule has 6 rings (SSSR count). The van der Waals surface area contributed by atoms with E-state index in [1.54, 1.807) is 6.07 Å². The van der Waals surface area contributed by atoms with E-state index in [4.69, 9.17) is 11.6 Å². The van der Waals surface area contributed by atoms with E-state index in [-0.39, 0.29) is 16.6 Å². The number of halogens is 1. The van der Waals surface area contributed by atoms with Crippen molar-refractivity contribution in [1.82, 2.24) is 0 Å². The summed E-state index contributed by atoms with van der Waals surface area (Å²) in [7, 11) is -3.44. The summed E-state index contributed by atoms with van der Waals surface area (Å²) < 4.78 is 25.1. The van der Waals surface area contributed by atoms with Crippen LogP contribution in [0, 0.1) is 17.8 Å². The number of nitrogens with one attached hydrogen (secondary N) is 2. The molecule has 4 bridgehead atoms. The van der Waals surface area contributed by atoms with E-state index in [2.05, 4.69) is 22.2 Å². The van der Waals surface area contributed by atoms with Gasteiger partial charge in [-0.05, 0) is 97.6 Å². The molecule has 0 saturated heterocycles. The molecule has 2 N–H and O–H groups in total. The average Bonchev–Trinajstić information content (AvgIpc) is 2.68. The highest BCUT2D eigenvalue weighted by molar-refractivity contribution is 7.92. The molecule has 164 valence electrons. The third kappa shape index (κ3) is 4.20. The molecule has 0 atom stereocenters. The molecule has 0 spiro atoms. The molecule has 2 aromatic rings. The summed E-state index contributed by atoms with van der Waals surface area (Å²) in [5.74, 6) is 2.41. The fourth-order valence-electron chi connectivity index (χ4n) is 6.51. The highest BCUT2D eigenvalue weighted by Gasteiger charge is 2.51. The molecule has 4 aliphatic carbocycles. The highest BCUT2D eigenvalue weighted by Crippen LogP contribution is 2.60. The summed E-state index contributed by atoms with van der Waals surface area (Å²) in [6.07, 6.45) is 9.28. The van der Waals surface area contributed by atoms with E-state index < -0.39 is 10.0 Å². The Bertz CT molecular complexity index is 1090. The van der Waals surface area contributed by atoms with Gasteiger partial charge in [0.2, 0.25) is 10.0 Å². The standard InChI is InChI=1S/C24H27ClN2O3S/c1-31(29,30)27-22-7-2-18(11-21(22)25)23(28)26-20-5-3-19(4-6-20)24-12-15-8-16(13-24)10-17(9-15)14-24/h2-7,11,15-17,27H,8-10,12-14H2,1H3,(H,26,28). The SMILES string of the molecule is CS(=O)(=O)Nc1ccc(C(=O)Nc2ccc(C34CC5CC(CC(C5)C3)C4)cc2)cc1Cl. The van der Waals surface area contributed by atoms with Crippen LogP contribution in [0.15, 0.2) is 42.5 Å². The van der Waals surface area contributed by atoms with Gasteiger partial charge in [-0.2, -0.15) is 0 Å². The fraction of sp³-hybridized carbons (Fsp3) is 0.458. The molecule has 0 heterocycles. The van der Waals surface area contributed by atoms with E-state index in [0.717, 1.165) is 29.7 Å². The molecule has 0 radical (unpaired) electrons. The molecule has 7 heteroatoms. The van der Waals surface area contributed by atoms with Crippen LogP contribution in [0.25, 0.3) is 0 Å². The number of amides is 1. The zero-order valence-corrected chi connectivity index (χ0v) is 19.1. The van der Waals surface area contributed by atoms with Crippen molar-refractivity contribution in [2.75, 3.05) is 16.3 Å². The number of carbonyl (C=O) groups excluding carboxylic acids is 1. The maximum atomic E-state index is 12.7. The van der Waals surface area contributed by atoms with Crippen LogP contribution in [0.5, 0.6) is 0 Å². The normalized spacial score (nSPS) is 29.0. The fourth-order valence-corrected chi connectivity index (χ4v) is 7.37. The third-order valence-corrected chi connectivity index (χ3v) is 8.22. The van der Waals surface area contributed by atoms with Crippen LogP contribution in [-0.2, 0) is 15.4 Å². The minimum absolute atomic E-state index is 0.176. The van der Waals surface area contributed by atoms with Gasteiger partial charge in [0.1, 0.15) is 0 Å². The topological polar surface area (TPSA) is 75.3 Å². The Morgan fingerprint density at radius 3 is 2.06 bits per heavy atom. The number of hydrogen-bond donors (Lipinski definition) is 2. The molecule has 4 saturated carbocycles. The molecule has 5 nitrogen and oxygen atoms in total. The Morgan fingerprint density at radius 1 is 0.968 bits per heavy atom. The van der Waals surface area contributed by atoms with E-state index in [0.29, 0.717) is 11.0 Å². The lowest BCUT2D eigenvalue weighted by atomic mass is 9.48. The predicted octanol–water partition coefficient (Wildman–Crippen LogP) is 5.43. The van der Waals surface area contributed by atoms with Crippen LogP contribution in [0.3, 0.4) is 0 Å². The van der Waals surface area contributed by atoms with Crippen molar-refractivity contribution in [3.63, 3.8) is 0 Å². The van der Waals surface area contributed by atoms with Crippen molar-refractivity contribution < 1.29 is 13.2 Å². The smallest absolute Gasteiger partial charge is 0.255 e. The monoisotopic (exact) mass is 458 g/mol. The van der Waals surface area contributed by atoms with Gasteiger partial charge in [-0.15, -0.1) is 0 Å². The molecule has 1 amide bonds. The van der Waals surface area contributed by atoms with Gasteiger partial charge in [-0.3, -0.25) is 9.52 Å². The van der Waals surface area contributed by atoms with Crippen molar-refractivity contribution in [1.29, 1.82) is 0 Å². The Morgan fingerprint density at radius 2 is 1.55 bits per heavy atom. The maximum absolute atomic E-state index is 12.7. The molecule has 31 heavy (non-hydrogen) atoms. The van der Waals surface area contributed by atoms with Crippen molar-refractivity contribution in [3.05, 3.63) is 58.6 Å². The lowest BCUT2D eigenvalue weighted by Gasteiger charge is -2.57. The van der Waals surface area contributed by atoms with Crippen LogP contribution >= 0.6 is 11.6 Å². The molecule has 4 aliphatic rings. The zero-order valence-electron chi connectivity index (χ0n) is 17.5. The minimum Gasteiger partial charge on any atom is -0.322 e. The minimum atomic E-state index is -3.44.